The summed E-state index contributed by atoms with van der Waals surface area (Å²) < 4.78 is 13.4. The number of hydrogen-bond acceptors (Lipinski definition) is 5. The molecule has 1 saturated carbocycles. The molecule has 1 aliphatic rings. The van der Waals surface area contributed by atoms with Crippen LogP contribution in [0.3, 0.4) is 0 Å². The summed E-state index contributed by atoms with van der Waals surface area (Å²) in [5.41, 5.74) is 2.05. The highest BCUT2D eigenvalue weighted by molar-refractivity contribution is 5.94. The topological polar surface area (TPSA) is 70.2 Å². The Hall–Kier alpha value is -2.70. The minimum atomic E-state index is -0.289. The van der Waals surface area contributed by atoms with E-state index in [1.807, 2.05) is 32.1 Å². The number of nitrogens with one attached hydrogen (secondary N) is 2. The predicted octanol–water partition coefficient (Wildman–Crippen LogP) is 3.70. The lowest BCUT2D eigenvalue weighted by atomic mass is 9.86. The van der Waals surface area contributed by atoms with Crippen molar-refractivity contribution < 1.29 is 9.18 Å². The number of anilines is 2. The Morgan fingerprint density at radius 3 is 2.55 bits per heavy atom. The van der Waals surface area contributed by atoms with E-state index < -0.39 is 0 Å². The second-order valence-electron chi connectivity index (χ2n) is 8.13. The van der Waals surface area contributed by atoms with Crippen LogP contribution in [0.25, 0.3) is 0 Å². The third kappa shape index (κ3) is 5.43. The van der Waals surface area contributed by atoms with E-state index in [1.165, 1.54) is 12.1 Å². The fourth-order valence-corrected chi connectivity index (χ4v) is 3.77. The summed E-state index contributed by atoms with van der Waals surface area (Å²) in [6, 6.07) is 4.81. The van der Waals surface area contributed by atoms with Gasteiger partial charge in [-0.25, -0.2) is 9.37 Å². The zero-order chi connectivity index (χ0) is 21.0. The number of carbonyl (C=O) groups excluding carboxylic acids is 1. The fraction of sp³-hybridized carbons (Fsp3) is 0.500. The van der Waals surface area contributed by atoms with Crippen LogP contribution in [0.4, 0.5) is 16.2 Å². The van der Waals surface area contributed by atoms with Crippen molar-refractivity contribution in [2.45, 2.75) is 45.6 Å². The van der Waals surface area contributed by atoms with Gasteiger partial charge in [-0.05, 0) is 69.2 Å². The summed E-state index contributed by atoms with van der Waals surface area (Å²) in [7, 11) is 3.96. The van der Waals surface area contributed by atoms with Crippen molar-refractivity contribution in [3.63, 3.8) is 0 Å². The second kappa shape index (κ2) is 9.20. The van der Waals surface area contributed by atoms with E-state index in [0.29, 0.717) is 35.6 Å². The minimum Gasteiger partial charge on any atom is -0.362 e. The van der Waals surface area contributed by atoms with E-state index in [1.54, 1.807) is 13.0 Å². The van der Waals surface area contributed by atoms with E-state index in [0.717, 1.165) is 37.1 Å². The lowest BCUT2D eigenvalue weighted by Gasteiger charge is -2.29. The molecule has 0 unspecified atom stereocenters. The number of halogens is 1. The molecule has 2 N–H and O–H groups in total. The van der Waals surface area contributed by atoms with Crippen LogP contribution in [0.5, 0.6) is 0 Å². The highest BCUT2D eigenvalue weighted by atomic mass is 19.1. The van der Waals surface area contributed by atoms with Crippen molar-refractivity contribution >= 4 is 17.7 Å². The molecule has 156 valence electrons. The molecule has 29 heavy (non-hydrogen) atoms. The van der Waals surface area contributed by atoms with Crippen LogP contribution in [0.15, 0.2) is 24.4 Å². The number of amides is 1. The number of nitrogens with zero attached hydrogens (tertiary/aromatic N) is 3. The van der Waals surface area contributed by atoms with Gasteiger partial charge in [0.15, 0.2) is 0 Å². The van der Waals surface area contributed by atoms with Crippen molar-refractivity contribution in [2.75, 3.05) is 30.9 Å². The first-order valence-electron chi connectivity index (χ1n) is 10.2. The summed E-state index contributed by atoms with van der Waals surface area (Å²) in [6.45, 7) is 4.32. The normalized spacial score (nSPS) is 18.9. The Kier molecular flexibility index (Phi) is 6.67. The van der Waals surface area contributed by atoms with Crippen LogP contribution >= 0.6 is 0 Å². The van der Waals surface area contributed by atoms with Gasteiger partial charge in [-0.15, -0.1) is 0 Å². The van der Waals surface area contributed by atoms with Gasteiger partial charge in [-0.1, -0.05) is 0 Å². The predicted molar refractivity (Wildman–Crippen MR) is 114 cm³/mol. The van der Waals surface area contributed by atoms with Crippen LogP contribution in [0.2, 0.25) is 0 Å². The highest BCUT2D eigenvalue weighted by Crippen LogP contribution is 2.26. The van der Waals surface area contributed by atoms with Gasteiger partial charge >= 0.3 is 0 Å². The fourth-order valence-electron chi connectivity index (χ4n) is 3.77. The Labute approximate surface area is 171 Å². The lowest BCUT2D eigenvalue weighted by molar-refractivity contribution is 0.0943. The number of aromatic nitrogens is 2. The molecule has 6 nitrogen and oxygen atoms in total. The third-order valence-electron chi connectivity index (χ3n) is 5.52. The zero-order valence-corrected chi connectivity index (χ0v) is 17.6. The molecule has 0 atom stereocenters. The maximum absolute atomic E-state index is 13.4. The molecule has 1 aliphatic carbocycles. The number of carbonyl (C=O) groups is 1. The Bertz CT molecular complexity index is 862. The molecular formula is C22H30FN5O. The van der Waals surface area contributed by atoms with Gasteiger partial charge < -0.3 is 15.5 Å². The third-order valence-corrected chi connectivity index (χ3v) is 5.52. The van der Waals surface area contributed by atoms with Gasteiger partial charge in [0.05, 0.1) is 0 Å². The van der Waals surface area contributed by atoms with Crippen molar-refractivity contribution in [2.24, 2.45) is 5.92 Å². The molecular weight excluding hydrogens is 369 g/mol. The summed E-state index contributed by atoms with van der Waals surface area (Å²) in [5.74, 6) is 1.62. The first-order valence-corrected chi connectivity index (χ1v) is 10.2. The molecule has 1 aromatic carbocycles. The van der Waals surface area contributed by atoms with E-state index in [9.17, 15) is 9.18 Å². The van der Waals surface area contributed by atoms with Gasteiger partial charge in [0.25, 0.3) is 5.91 Å². The lowest BCUT2D eigenvalue weighted by Crippen LogP contribution is -2.34. The van der Waals surface area contributed by atoms with Gasteiger partial charge in [0.2, 0.25) is 5.95 Å². The zero-order valence-electron chi connectivity index (χ0n) is 17.6. The summed E-state index contributed by atoms with van der Waals surface area (Å²) in [5, 5.41) is 6.45. The number of aryl methyl sites for hydroxylation is 2. The molecule has 7 heteroatoms. The van der Waals surface area contributed by atoms with E-state index in [2.05, 4.69) is 20.6 Å². The molecule has 1 amide bonds. The molecule has 0 aliphatic heterocycles. The number of hydrogen-bond donors (Lipinski definition) is 2. The second-order valence-corrected chi connectivity index (χ2v) is 8.13. The largest absolute Gasteiger partial charge is 0.362 e. The summed E-state index contributed by atoms with van der Waals surface area (Å²) >= 11 is 0. The Morgan fingerprint density at radius 1 is 1.17 bits per heavy atom. The van der Waals surface area contributed by atoms with Crippen LogP contribution in [0, 0.1) is 25.6 Å². The van der Waals surface area contributed by atoms with Crippen molar-refractivity contribution in [3.8, 4) is 0 Å². The van der Waals surface area contributed by atoms with E-state index >= 15 is 0 Å². The molecule has 0 spiro atoms. The smallest absolute Gasteiger partial charge is 0.251 e. The van der Waals surface area contributed by atoms with Gasteiger partial charge in [-0.2, -0.15) is 4.98 Å². The highest BCUT2D eigenvalue weighted by Gasteiger charge is 2.22. The van der Waals surface area contributed by atoms with E-state index in [-0.39, 0.29) is 11.7 Å². The van der Waals surface area contributed by atoms with Gasteiger partial charge in [0, 0.05) is 44.0 Å². The van der Waals surface area contributed by atoms with Gasteiger partial charge in [-0.3, -0.25) is 4.79 Å². The van der Waals surface area contributed by atoms with Crippen molar-refractivity contribution in [1.82, 2.24) is 15.3 Å². The van der Waals surface area contributed by atoms with E-state index in [4.69, 9.17) is 0 Å². The first-order chi connectivity index (χ1) is 13.8. The SMILES string of the molecule is Cc1cc(C(=O)NCC2CCC(Nc3ncc(C)c(N(C)C)n3)CC2)ccc1F. The molecule has 1 fully saturated rings. The first kappa shape index (κ1) is 21.0. The standard InChI is InChI=1S/C22H30FN5O/c1-14-11-17(7-10-19(14)23)21(29)24-13-16-5-8-18(9-6-16)26-22-25-12-15(2)20(27-22)28(3)4/h7,10-12,16,18H,5-6,8-9,13H2,1-4H3,(H,24,29)(H,25,26,27). The van der Waals surface area contributed by atoms with Crippen LogP contribution < -0.4 is 15.5 Å². The Balaban J connectivity index is 1.46. The Morgan fingerprint density at radius 2 is 1.90 bits per heavy atom. The molecule has 2 aromatic rings. The monoisotopic (exact) mass is 399 g/mol. The van der Waals surface area contributed by atoms with Crippen molar-refractivity contribution in [1.29, 1.82) is 0 Å². The summed E-state index contributed by atoms with van der Waals surface area (Å²) in [6.07, 6.45) is 5.96. The van der Waals surface area contributed by atoms with Crippen LogP contribution in [-0.2, 0) is 0 Å². The van der Waals surface area contributed by atoms with Crippen LogP contribution in [-0.4, -0.2) is 42.6 Å². The van der Waals surface area contributed by atoms with Crippen LogP contribution in [0.1, 0.15) is 47.2 Å². The molecule has 1 heterocycles. The molecule has 1 aromatic heterocycles. The average Bonchev–Trinajstić information content (AvgIpc) is 2.70. The maximum atomic E-state index is 13.4. The van der Waals surface area contributed by atoms with Gasteiger partial charge in [0.1, 0.15) is 11.6 Å². The minimum absolute atomic E-state index is 0.141. The quantitative estimate of drug-likeness (QED) is 0.775. The molecule has 0 saturated heterocycles. The average molecular weight is 400 g/mol. The molecule has 0 radical (unpaired) electrons. The molecule has 3 rings (SSSR count). The maximum Gasteiger partial charge on any atom is 0.251 e. The summed E-state index contributed by atoms with van der Waals surface area (Å²) in [4.78, 5) is 23.3. The van der Waals surface area contributed by atoms with Crippen molar-refractivity contribution in [3.05, 3.63) is 46.9 Å². The number of rotatable bonds is 6. The number of benzene rings is 1. The molecule has 0 bridgehead atoms.